The molecule has 6 heteroatoms. The molecule has 2 aromatic carbocycles. The number of carbonyl (C=O) groups excluding carboxylic acids is 2. The average Bonchev–Trinajstić information content (AvgIpc) is 2.59. The highest BCUT2D eigenvalue weighted by molar-refractivity contribution is 5.95. The minimum absolute atomic E-state index is 0.0622. The predicted molar refractivity (Wildman–Crippen MR) is 94.5 cm³/mol. The highest BCUT2D eigenvalue weighted by atomic mass is 16.5. The van der Waals surface area contributed by atoms with Crippen LogP contribution in [-0.4, -0.2) is 24.5 Å². The maximum Gasteiger partial charge on any atom is 0.276 e. The lowest BCUT2D eigenvalue weighted by atomic mass is 10.2. The number of hydrogen-bond donors (Lipinski definition) is 2. The molecule has 0 fully saturated rings. The van der Waals surface area contributed by atoms with Crippen molar-refractivity contribution in [3.8, 4) is 11.5 Å². The molecule has 0 spiro atoms. The van der Waals surface area contributed by atoms with Gasteiger partial charge in [-0.25, -0.2) is 0 Å². The Kier molecular flexibility index (Phi) is 6.39. The summed E-state index contributed by atoms with van der Waals surface area (Å²) in [6, 6.07) is 14.1. The molecule has 0 aliphatic heterocycles. The summed E-state index contributed by atoms with van der Waals surface area (Å²) in [6.07, 6.45) is 0.0622. The van der Waals surface area contributed by atoms with Crippen LogP contribution in [0, 0.1) is 6.92 Å². The topological polar surface area (TPSA) is 76.7 Å². The minimum atomic E-state index is -0.448. The quantitative estimate of drug-likeness (QED) is 0.791. The lowest BCUT2D eigenvalue weighted by molar-refractivity contribution is -0.123. The van der Waals surface area contributed by atoms with E-state index < -0.39 is 11.8 Å². The zero-order chi connectivity index (χ0) is 18.2. The molecule has 2 N–H and O–H groups in total. The summed E-state index contributed by atoms with van der Waals surface area (Å²) < 4.78 is 10.9. The Hall–Kier alpha value is -3.02. The summed E-state index contributed by atoms with van der Waals surface area (Å²) in [4.78, 5) is 23.8. The van der Waals surface area contributed by atoms with Crippen LogP contribution in [-0.2, 0) is 4.79 Å². The molecule has 0 aliphatic rings. The van der Waals surface area contributed by atoms with Gasteiger partial charge in [-0.1, -0.05) is 18.2 Å². The number of nitrogens with one attached hydrogen (secondary N) is 2. The fraction of sp³-hybridized carbons (Fsp3) is 0.263. The van der Waals surface area contributed by atoms with Crippen LogP contribution in [0.3, 0.4) is 0 Å². The first-order valence-corrected chi connectivity index (χ1v) is 8.00. The Morgan fingerprint density at radius 2 is 1.68 bits per heavy atom. The number of para-hydroxylation sites is 1. The number of rotatable bonds is 6. The molecule has 0 unspecified atom stereocenters. The number of ether oxygens (including phenoxy) is 2. The van der Waals surface area contributed by atoms with Crippen LogP contribution in [0.5, 0.6) is 11.5 Å². The zero-order valence-corrected chi connectivity index (χ0v) is 14.5. The van der Waals surface area contributed by atoms with Gasteiger partial charge in [0.15, 0.2) is 6.61 Å². The van der Waals surface area contributed by atoms with Gasteiger partial charge in [-0.15, -0.1) is 0 Å². The summed E-state index contributed by atoms with van der Waals surface area (Å²) >= 11 is 0. The van der Waals surface area contributed by atoms with Gasteiger partial charge in [-0.3, -0.25) is 20.4 Å². The number of hydrogen-bond acceptors (Lipinski definition) is 4. The van der Waals surface area contributed by atoms with Gasteiger partial charge < -0.3 is 9.47 Å². The zero-order valence-electron chi connectivity index (χ0n) is 14.5. The van der Waals surface area contributed by atoms with E-state index in [0.717, 1.165) is 5.56 Å². The summed E-state index contributed by atoms with van der Waals surface area (Å²) in [5, 5.41) is 0. The second-order valence-electron chi connectivity index (χ2n) is 5.75. The fourth-order valence-corrected chi connectivity index (χ4v) is 2.05. The third-order valence-electron chi connectivity index (χ3n) is 3.26. The Morgan fingerprint density at radius 1 is 1.00 bits per heavy atom. The standard InChI is InChI=1S/C19H22N2O4/c1-13(2)25-16-10-8-15(9-11-16)19(23)21-20-18(22)12-24-17-7-5-4-6-14(17)3/h4-11,13H,12H2,1-3H3,(H,20,22)(H,21,23). The molecular formula is C19H22N2O4. The Balaban J connectivity index is 1.79. The first-order chi connectivity index (χ1) is 12.0. The van der Waals surface area contributed by atoms with Crippen molar-refractivity contribution in [1.29, 1.82) is 0 Å². The number of benzene rings is 2. The molecule has 0 radical (unpaired) electrons. The largest absolute Gasteiger partial charge is 0.491 e. The van der Waals surface area contributed by atoms with E-state index in [0.29, 0.717) is 17.1 Å². The SMILES string of the molecule is Cc1ccccc1OCC(=O)NNC(=O)c1ccc(OC(C)C)cc1. The summed E-state index contributed by atoms with van der Waals surface area (Å²) in [5.74, 6) is 0.448. The maximum atomic E-state index is 12.0. The lowest BCUT2D eigenvalue weighted by Crippen LogP contribution is -2.43. The van der Waals surface area contributed by atoms with Gasteiger partial charge in [0.1, 0.15) is 11.5 Å². The highest BCUT2D eigenvalue weighted by Gasteiger charge is 2.09. The highest BCUT2D eigenvalue weighted by Crippen LogP contribution is 2.16. The minimum Gasteiger partial charge on any atom is -0.491 e. The van der Waals surface area contributed by atoms with Gasteiger partial charge in [0.2, 0.25) is 0 Å². The van der Waals surface area contributed by atoms with E-state index in [1.54, 1.807) is 30.3 Å². The van der Waals surface area contributed by atoms with Crippen molar-refractivity contribution >= 4 is 11.8 Å². The Morgan fingerprint density at radius 3 is 2.32 bits per heavy atom. The van der Waals surface area contributed by atoms with Crippen LogP contribution in [0.1, 0.15) is 29.8 Å². The molecule has 0 aliphatic carbocycles. The first kappa shape index (κ1) is 18.3. The maximum absolute atomic E-state index is 12.0. The molecule has 2 aromatic rings. The predicted octanol–water partition coefficient (Wildman–Crippen LogP) is 2.62. The molecule has 0 saturated carbocycles. The number of carbonyl (C=O) groups is 2. The van der Waals surface area contributed by atoms with E-state index in [-0.39, 0.29) is 12.7 Å². The molecule has 132 valence electrons. The molecule has 2 amide bonds. The number of hydrazine groups is 1. The monoisotopic (exact) mass is 342 g/mol. The molecule has 2 rings (SSSR count). The first-order valence-electron chi connectivity index (χ1n) is 8.00. The lowest BCUT2D eigenvalue weighted by Gasteiger charge is -2.11. The molecule has 25 heavy (non-hydrogen) atoms. The van der Waals surface area contributed by atoms with Crippen LogP contribution in [0.2, 0.25) is 0 Å². The molecule has 0 atom stereocenters. The van der Waals surface area contributed by atoms with Crippen LogP contribution in [0.25, 0.3) is 0 Å². The molecule has 0 bridgehead atoms. The third kappa shape index (κ3) is 5.84. The summed E-state index contributed by atoms with van der Waals surface area (Å²) in [5.41, 5.74) is 6.02. The molecular weight excluding hydrogens is 320 g/mol. The van der Waals surface area contributed by atoms with Crippen molar-refractivity contribution in [1.82, 2.24) is 10.9 Å². The van der Waals surface area contributed by atoms with E-state index in [9.17, 15) is 9.59 Å². The average molecular weight is 342 g/mol. The van der Waals surface area contributed by atoms with E-state index in [1.807, 2.05) is 39.0 Å². The van der Waals surface area contributed by atoms with Gasteiger partial charge in [0.05, 0.1) is 6.10 Å². The molecule has 0 heterocycles. The van der Waals surface area contributed by atoms with E-state index in [4.69, 9.17) is 9.47 Å². The fourth-order valence-electron chi connectivity index (χ4n) is 2.05. The Bertz CT molecular complexity index is 726. The Labute approximate surface area is 147 Å². The summed E-state index contributed by atoms with van der Waals surface area (Å²) in [7, 11) is 0. The third-order valence-corrected chi connectivity index (χ3v) is 3.26. The molecule has 6 nitrogen and oxygen atoms in total. The van der Waals surface area contributed by atoms with Gasteiger partial charge in [-0.2, -0.15) is 0 Å². The van der Waals surface area contributed by atoms with Gasteiger partial charge in [-0.05, 0) is 56.7 Å². The van der Waals surface area contributed by atoms with Crippen molar-refractivity contribution in [3.05, 3.63) is 59.7 Å². The van der Waals surface area contributed by atoms with E-state index in [2.05, 4.69) is 10.9 Å². The van der Waals surface area contributed by atoms with Crippen molar-refractivity contribution in [2.45, 2.75) is 26.9 Å². The summed E-state index contributed by atoms with van der Waals surface area (Å²) in [6.45, 7) is 5.55. The number of aryl methyl sites for hydroxylation is 1. The van der Waals surface area contributed by atoms with Crippen LogP contribution in [0.15, 0.2) is 48.5 Å². The molecule has 0 saturated heterocycles. The smallest absolute Gasteiger partial charge is 0.276 e. The van der Waals surface area contributed by atoms with E-state index in [1.165, 1.54) is 0 Å². The van der Waals surface area contributed by atoms with Gasteiger partial charge in [0.25, 0.3) is 11.8 Å². The van der Waals surface area contributed by atoms with Gasteiger partial charge >= 0.3 is 0 Å². The normalized spacial score (nSPS) is 10.2. The van der Waals surface area contributed by atoms with Crippen LogP contribution in [0.4, 0.5) is 0 Å². The molecule has 0 aromatic heterocycles. The van der Waals surface area contributed by atoms with Crippen LogP contribution >= 0.6 is 0 Å². The van der Waals surface area contributed by atoms with Crippen molar-refractivity contribution < 1.29 is 19.1 Å². The van der Waals surface area contributed by atoms with Crippen molar-refractivity contribution in [2.75, 3.05) is 6.61 Å². The van der Waals surface area contributed by atoms with E-state index >= 15 is 0 Å². The van der Waals surface area contributed by atoms with Gasteiger partial charge in [0, 0.05) is 5.56 Å². The van der Waals surface area contributed by atoms with Crippen LogP contribution < -0.4 is 20.3 Å². The van der Waals surface area contributed by atoms with Crippen molar-refractivity contribution in [3.63, 3.8) is 0 Å². The van der Waals surface area contributed by atoms with Crippen molar-refractivity contribution in [2.24, 2.45) is 0 Å². The second kappa shape index (κ2) is 8.73. The second-order valence-corrected chi connectivity index (χ2v) is 5.75. The number of amides is 2.